The molecule has 0 fully saturated rings. The van der Waals surface area contributed by atoms with Crippen LogP contribution in [0, 0.1) is 0 Å². The maximum atomic E-state index is 9.94. The molecule has 112 valence electrons. The SMILES string of the molecule is C=CCCCCC(=O)O.N[C@@H](CO)Cc1ccccc1. The van der Waals surface area contributed by atoms with E-state index in [1.807, 2.05) is 36.4 Å². The molecule has 0 aromatic heterocycles. The van der Waals surface area contributed by atoms with E-state index < -0.39 is 5.97 Å². The highest BCUT2D eigenvalue weighted by Gasteiger charge is 2.00. The van der Waals surface area contributed by atoms with E-state index in [1.165, 1.54) is 5.56 Å². The van der Waals surface area contributed by atoms with Gasteiger partial charge >= 0.3 is 5.97 Å². The average molecular weight is 279 g/mol. The van der Waals surface area contributed by atoms with E-state index in [2.05, 4.69) is 6.58 Å². The summed E-state index contributed by atoms with van der Waals surface area (Å²) in [5.74, 6) is -0.709. The molecule has 1 aromatic rings. The summed E-state index contributed by atoms with van der Waals surface area (Å²) >= 11 is 0. The summed E-state index contributed by atoms with van der Waals surface area (Å²) in [5.41, 5.74) is 6.73. The van der Waals surface area contributed by atoms with E-state index in [0.717, 1.165) is 25.7 Å². The van der Waals surface area contributed by atoms with Crippen LogP contribution in [0.25, 0.3) is 0 Å². The zero-order chi connectivity index (χ0) is 15.2. The Morgan fingerprint density at radius 1 is 1.30 bits per heavy atom. The second-order valence-corrected chi connectivity index (χ2v) is 4.56. The maximum Gasteiger partial charge on any atom is 0.303 e. The van der Waals surface area contributed by atoms with Crippen LogP contribution in [0.4, 0.5) is 0 Å². The van der Waals surface area contributed by atoms with E-state index in [9.17, 15) is 4.79 Å². The van der Waals surface area contributed by atoms with Gasteiger partial charge in [-0.1, -0.05) is 36.4 Å². The number of unbranched alkanes of at least 4 members (excludes halogenated alkanes) is 2. The number of carbonyl (C=O) groups is 1. The molecule has 4 heteroatoms. The molecule has 1 rings (SSSR count). The Labute approximate surface area is 120 Å². The molecule has 0 aliphatic rings. The zero-order valence-corrected chi connectivity index (χ0v) is 11.9. The minimum absolute atomic E-state index is 0.0505. The molecular weight excluding hydrogens is 254 g/mol. The summed E-state index contributed by atoms with van der Waals surface area (Å²) in [6, 6.07) is 9.80. The highest BCUT2D eigenvalue weighted by molar-refractivity contribution is 5.66. The Hall–Kier alpha value is -1.65. The quantitative estimate of drug-likeness (QED) is 0.504. The van der Waals surface area contributed by atoms with Crippen molar-refractivity contribution in [2.24, 2.45) is 5.73 Å². The number of aliphatic hydroxyl groups is 1. The number of allylic oxidation sites excluding steroid dienone is 1. The second kappa shape index (κ2) is 12.4. The van der Waals surface area contributed by atoms with Crippen molar-refractivity contribution in [3.63, 3.8) is 0 Å². The minimum atomic E-state index is -0.709. The van der Waals surface area contributed by atoms with Gasteiger partial charge in [0.25, 0.3) is 0 Å². The monoisotopic (exact) mass is 279 g/mol. The van der Waals surface area contributed by atoms with Crippen LogP contribution < -0.4 is 5.73 Å². The summed E-state index contributed by atoms with van der Waals surface area (Å²) in [7, 11) is 0. The first-order valence-corrected chi connectivity index (χ1v) is 6.83. The predicted octanol–water partition coefficient (Wildman–Crippen LogP) is 2.37. The molecule has 0 saturated heterocycles. The van der Waals surface area contributed by atoms with Crippen LogP contribution >= 0.6 is 0 Å². The number of rotatable bonds is 8. The van der Waals surface area contributed by atoms with Gasteiger partial charge in [0.05, 0.1) is 6.61 Å². The number of carboxylic acids is 1. The van der Waals surface area contributed by atoms with Gasteiger partial charge in [-0.2, -0.15) is 0 Å². The van der Waals surface area contributed by atoms with Gasteiger partial charge in [0.15, 0.2) is 0 Å². The van der Waals surface area contributed by atoms with Crippen molar-refractivity contribution in [1.82, 2.24) is 0 Å². The molecular formula is C16H25NO3. The smallest absolute Gasteiger partial charge is 0.303 e. The molecule has 0 spiro atoms. The van der Waals surface area contributed by atoms with Crippen molar-refractivity contribution >= 4 is 5.97 Å². The highest BCUT2D eigenvalue weighted by atomic mass is 16.4. The summed E-state index contributed by atoms with van der Waals surface area (Å²) in [5, 5.41) is 16.9. The molecule has 0 aliphatic heterocycles. The Morgan fingerprint density at radius 3 is 2.45 bits per heavy atom. The topological polar surface area (TPSA) is 83.5 Å². The van der Waals surface area contributed by atoms with Gasteiger partial charge in [-0.25, -0.2) is 0 Å². The summed E-state index contributed by atoms with van der Waals surface area (Å²) in [6.07, 6.45) is 5.47. The lowest BCUT2D eigenvalue weighted by atomic mass is 10.1. The van der Waals surface area contributed by atoms with Crippen molar-refractivity contribution in [3.05, 3.63) is 48.6 Å². The third-order valence-corrected chi connectivity index (χ3v) is 2.62. The van der Waals surface area contributed by atoms with Crippen LogP contribution in [0.15, 0.2) is 43.0 Å². The lowest BCUT2D eigenvalue weighted by Gasteiger charge is -2.06. The lowest BCUT2D eigenvalue weighted by Crippen LogP contribution is -2.26. The summed E-state index contributed by atoms with van der Waals surface area (Å²) < 4.78 is 0. The van der Waals surface area contributed by atoms with Crippen LogP contribution in [0.3, 0.4) is 0 Å². The van der Waals surface area contributed by atoms with E-state index >= 15 is 0 Å². The number of aliphatic carboxylic acids is 1. The molecule has 0 amide bonds. The molecule has 20 heavy (non-hydrogen) atoms. The molecule has 0 bridgehead atoms. The highest BCUT2D eigenvalue weighted by Crippen LogP contribution is 2.00. The number of hydrogen-bond donors (Lipinski definition) is 3. The molecule has 0 heterocycles. The standard InChI is InChI=1S/C9H13NO.C7H12O2/c10-9(7-11)6-8-4-2-1-3-5-8;1-2-3-4-5-6-7(8)9/h1-5,9,11H,6-7,10H2;2H,1,3-6H2,(H,8,9)/t9-;/m1./s1. The second-order valence-electron chi connectivity index (χ2n) is 4.56. The van der Waals surface area contributed by atoms with Crippen molar-refractivity contribution in [1.29, 1.82) is 0 Å². The van der Waals surface area contributed by atoms with Crippen LogP contribution in [0.1, 0.15) is 31.2 Å². The van der Waals surface area contributed by atoms with Crippen LogP contribution in [0.5, 0.6) is 0 Å². The largest absolute Gasteiger partial charge is 0.481 e. The van der Waals surface area contributed by atoms with Gasteiger partial charge in [-0.15, -0.1) is 6.58 Å². The Morgan fingerprint density at radius 2 is 1.95 bits per heavy atom. The van der Waals surface area contributed by atoms with Crippen LogP contribution in [-0.2, 0) is 11.2 Å². The van der Waals surface area contributed by atoms with Crippen LogP contribution in [0.2, 0.25) is 0 Å². The van der Waals surface area contributed by atoms with Gasteiger partial charge in [0, 0.05) is 12.5 Å². The number of benzene rings is 1. The number of carboxylic acid groups (broad SMARTS) is 1. The maximum absolute atomic E-state index is 9.94. The van der Waals surface area contributed by atoms with Crippen LogP contribution in [-0.4, -0.2) is 28.8 Å². The normalized spacial score (nSPS) is 11.1. The molecule has 0 aliphatic carbocycles. The first-order chi connectivity index (χ1) is 9.60. The molecule has 0 radical (unpaired) electrons. The van der Waals surface area contributed by atoms with E-state index in [-0.39, 0.29) is 19.1 Å². The average Bonchev–Trinajstić information content (AvgIpc) is 2.45. The Kier molecular flexibility index (Phi) is 11.4. The van der Waals surface area contributed by atoms with Crippen molar-refractivity contribution in [3.8, 4) is 0 Å². The minimum Gasteiger partial charge on any atom is -0.481 e. The summed E-state index contributed by atoms with van der Waals surface area (Å²) in [4.78, 5) is 9.94. The van der Waals surface area contributed by atoms with E-state index in [0.29, 0.717) is 0 Å². The Bertz CT molecular complexity index is 365. The number of aliphatic hydroxyl groups excluding tert-OH is 1. The Balaban J connectivity index is 0.000000370. The first-order valence-electron chi connectivity index (χ1n) is 6.83. The fraction of sp³-hybridized carbons (Fsp3) is 0.438. The molecule has 0 unspecified atom stereocenters. The van der Waals surface area contributed by atoms with E-state index in [1.54, 1.807) is 0 Å². The molecule has 1 atom stereocenters. The fourth-order valence-corrected chi connectivity index (χ4v) is 1.55. The van der Waals surface area contributed by atoms with Crippen molar-refractivity contribution < 1.29 is 15.0 Å². The number of nitrogens with two attached hydrogens (primary N) is 1. The van der Waals surface area contributed by atoms with E-state index in [4.69, 9.17) is 15.9 Å². The van der Waals surface area contributed by atoms with Gasteiger partial charge in [0.2, 0.25) is 0 Å². The van der Waals surface area contributed by atoms with Gasteiger partial charge in [-0.3, -0.25) is 4.79 Å². The predicted molar refractivity (Wildman–Crippen MR) is 81.5 cm³/mol. The van der Waals surface area contributed by atoms with Crippen molar-refractivity contribution in [2.45, 2.75) is 38.1 Å². The van der Waals surface area contributed by atoms with Gasteiger partial charge in [0.1, 0.15) is 0 Å². The first kappa shape index (κ1) is 18.4. The molecule has 0 saturated carbocycles. The lowest BCUT2D eigenvalue weighted by molar-refractivity contribution is -0.137. The molecule has 4 N–H and O–H groups in total. The fourth-order valence-electron chi connectivity index (χ4n) is 1.55. The van der Waals surface area contributed by atoms with Gasteiger partial charge in [-0.05, 0) is 31.2 Å². The molecule has 1 aromatic carbocycles. The number of hydrogen-bond acceptors (Lipinski definition) is 3. The van der Waals surface area contributed by atoms with Gasteiger partial charge < -0.3 is 15.9 Å². The summed E-state index contributed by atoms with van der Waals surface area (Å²) in [6.45, 7) is 3.58. The molecule has 4 nitrogen and oxygen atoms in total. The zero-order valence-electron chi connectivity index (χ0n) is 11.9. The third-order valence-electron chi connectivity index (χ3n) is 2.62. The van der Waals surface area contributed by atoms with Crippen molar-refractivity contribution in [2.75, 3.05) is 6.61 Å². The third kappa shape index (κ3) is 11.4.